The Morgan fingerprint density at radius 1 is 1.03 bits per heavy atom. The molecule has 0 aromatic heterocycles. The van der Waals surface area contributed by atoms with Gasteiger partial charge in [-0.15, -0.1) is 11.8 Å². The van der Waals surface area contributed by atoms with E-state index in [-0.39, 0.29) is 36.1 Å². The van der Waals surface area contributed by atoms with Crippen LogP contribution in [0.1, 0.15) is 29.6 Å². The van der Waals surface area contributed by atoms with Crippen molar-refractivity contribution in [1.29, 1.82) is 0 Å². The Hall–Kier alpha value is -2.80. The lowest BCUT2D eigenvalue weighted by Crippen LogP contribution is -2.48. The Morgan fingerprint density at radius 3 is 2.48 bits per heavy atom. The zero-order chi connectivity index (χ0) is 21.8. The lowest BCUT2D eigenvalue weighted by Gasteiger charge is -2.33. The summed E-state index contributed by atoms with van der Waals surface area (Å²) in [5.41, 5.74) is 1.51. The molecule has 0 radical (unpaired) electrons. The number of nitrogens with zero attached hydrogens (tertiary/aromatic N) is 2. The zero-order valence-corrected chi connectivity index (χ0v) is 18.4. The topological polar surface area (TPSA) is 69.7 Å². The number of carbonyl (C=O) groups is 3. The molecule has 2 aromatic carbocycles. The molecular formula is C24H27N3O3S. The van der Waals surface area contributed by atoms with Crippen molar-refractivity contribution in [3.63, 3.8) is 0 Å². The molecule has 4 rings (SSSR count). The highest BCUT2D eigenvalue weighted by Crippen LogP contribution is 2.29. The molecule has 1 atom stereocenters. The first-order chi connectivity index (χ1) is 15.0. The minimum Gasteiger partial charge on any atom is -0.349 e. The maximum atomic E-state index is 13.1. The molecule has 2 aliphatic rings. The van der Waals surface area contributed by atoms with Crippen molar-refractivity contribution in [2.24, 2.45) is 5.92 Å². The van der Waals surface area contributed by atoms with Crippen LogP contribution in [0.25, 0.3) is 0 Å². The van der Waals surface area contributed by atoms with E-state index in [9.17, 15) is 14.4 Å². The van der Waals surface area contributed by atoms with Crippen LogP contribution in [0.5, 0.6) is 0 Å². The van der Waals surface area contributed by atoms with E-state index in [0.717, 1.165) is 23.4 Å². The maximum Gasteiger partial charge on any atom is 0.251 e. The van der Waals surface area contributed by atoms with Gasteiger partial charge in [-0.2, -0.15) is 0 Å². The van der Waals surface area contributed by atoms with E-state index < -0.39 is 0 Å². The second-order valence-electron chi connectivity index (χ2n) is 8.05. The van der Waals surface area contributed by atoms with Crippen LogP contribution in [0.2, 0.25) is 0 Å². The fourth-order valence-electron chi connectivity index (χ4n) is 4.26. The van der Waals surface area contributed by atoms with Gasteiger partial charge in [0.05, 0.1) is 5.92 Å². The normalized spacial score (nSPS) is 19.5. The molecule has 1 unspecified atom stereocenters. The summed E-state index contributed by atoms with van der Waals surface area (Å²) in [5.74, 6) is -0.331. The summed E-state index contributed by atoms with van der Waals surface area (Å²) in [6, 6.07) is 17.1. The highest BCUT2D eigenvalue weighted by atomic mass is 32.2. The molecule has 6 nitrogen and oxygen atoms in total. The Bertz CT molecular complexity index is 958. The van der Waals surface area contributed by atoms with Gasteiger partial charge in [0.25, 0.3) is 5.91 Å². The molecule has 1 N–H and O–H groups in total. The molecule has 2 heterocycles. The van der Waals surface area contributed by atoms with Crippen molar-refractivity contribution in [2.75, 3.05) is 30.8 Å². The average molecular weight is 438 g/mol. The molecular weight excluding hydrogens is 410 g/mol. The van der Waals surface area contributed by atoms with Gasteiger partial charge in [0, 0.05) is 48.2 Å². The largest absolute Gasteiger partial charge is 0.349 e. The Kier molecular flexibility index (Phi) is 6.61. The second kappa shape index (κ2) is 9.56. The molecule has 2 fully saturated rings. The van der Waals surface area contributed by atoms with Gasteiger partial charge >= 0.3 is 0 Å². The molecule has 2 aliphatic heterocycles. The quantitative estimate of drug-likeness (QED) is 0.730. The van der Waals surface area contributed by atoms with Crippen LogP contribution in [0.15, 0.2) is 59.5 Å². The van der Waals surface area contributed by atoms with Crippen LogP contribution in [-0.2, 0) is 9.59 Å². The minimum absolute atomic E-state index is 0.00149. The van der Waals surface area contributed by atoms with E-state index in [0.29, 0.717) is 25.2 Å². The summed E-state index contributed by atoms with van der Waals surface area (Å²) in [7, 11) is 0. The molecule has 0 saturated carbocycles. The number of hydrogen-bond acceptors (Lipinski definition) is 4. The van der Waals surface area contributed by atoms with Gasteiger partial charge in [-0.05, 0) is 49.4 Å². The first-order valence-corrected chi connectivity index (χ1v) is 11.9. The number of anilines is 1. The SMILES string of the molecule is CSc1cccc(N2CC(C(=O)N3CCC(NC(=O)c4ccccc4)CC3)CC2=O)c1. The van der Waals surface area contributed by atoms with E-state index in [1.807, 2.05) is 53.6 Å². The van der Waals surface area contributed by atoms with Gasteiger partial charge in [-0.25, -0.2) is 0 Å². The fourth-order valence-corrected chi connectivity index (χ4v) is 4.71. The molecule has 2 aromatic rings. The summed E-state index contributed by atoms with van der Waals surface area (Å²) < 4.78 is 0. The van der Waals surface area contributed by atoms with E-state index >= 15 is 0 Å². The predicted octanol–water partition coefficient (Wildman–Crippen LogP) is 3.18. The van der Waals surface area contributed by atoms with E-state index in [2.05, 4.69) is 5.32 Å². The van der Waals surface area contributed by atoms with Crippen LogP contribution in [0.3, 0.4) is 0 Å². The Balaban J connectivity index is 1.30. The molecule has 0 aliphatic carbocycles. The van der Waals surface area contributed by atoms with Gasteiger partial charge in [0.15, 0.2) is 0 Å². The molecule has 31 heavy (non-hydrogen) atoms. The third kappa shape index (κ3) is 4.93. The van der Waals surface area contributed by atoms with Gasteiger partial charge in [-0.3, -0.25) is 14.4 Å². The van der Waals surface area contributed by atoms with Gasteiger partial charge < -0.3 is 15.1 Å². The fraction of sp³-hybridized carbons (Fsp3) is 0.375. The molecule has 0 bridgehead atoms. The summed E-state index contributed by atoms with van der Waals surface area (Å²) in [6.45, 7) is 1.64. The predicted molar refractivity (Wildman–Crippen MR) is 122 cm³/mol. The number of carbonyl (C=O) groups excluding carboxylic acids is 3. The van der Waals surface area contributed by atoms with Crippen molar-refractivity contribution in [1.82, 2.24) is 10.2 Å². The van der Waals surface area contributed by atoms with Gasteiger partial charge in [-0.1, -0.05) is 24.3 Å². The molecule has 0 spiro atoms. The first kappa shape index (κ1) is 21.4. The number of likely N-dealkylation sites (tertiary alicyclic amines) is 1. The van der Waals surface area contributed by atoms with Crippen LogP contribution in [-0.4, -0.2) is 54.6 Å². The number of nitrogens with one attached hydrogen (secondary N) is 1. The summed E-state index contributed by atoms with van der Waals surface area (Å²) in [4.78, 5) is 42.7. The molecule has 2 saturated heterocycles. The third-order valence-electron chi connectivity index (χ3n) is 6.02. The maximum absolute atomic E-state index is 13.1. The number of rotatable bonds is 5. The van der Waals surface area contributed by atoms with Crippen molar-refractivity contribution in [3.05, 3.63) is 60.2 Å². The van der Waals surface area contributed by atoms with Crippen LogP contribution < -0.4 is 10.2 Å². The number of piperidine rings is 1. The Labute approximate surface area is 187 Å². The zero-order valence-electron chi connectivity index (χ0n) is 17.6. The number of hydrogen-bond donors (Lipinski definition) is 1. The highest BCUT2D eigenvalue weighted by Gasteiger charge is 2.38. The second-order valence-corrected chi connectivity index (χ2v) is 8.93. The monoisotopic (exact) mass is 437 g/mol. The lowest BCUT2D eigenvalue weighted by atomic mass is 10.0. The van der Waals surface area contributed by atoms with E-state index in [1.165, 1.54) is 0 Å². The van der Waals surface area contributed by atoms with Crippen molar-refractivity contribution in [3.8, 4) is 0 Å². The first-order valence-electron chi connectivity index (χ1n) is 10.6. The van der Waals surface area contributed by atoms with Crippen LogP contribution in [0, 0.1) is 5.92 Å². The van der Waals surface area contributed by atoms with Crippen molar-refractivity contribution < 1.29 is 14.4 Å². The molecule has 3 amide bonds. The summed E-state index contributed by atoms with van der Waals surface area (Å²) in [5, 5.41) is 3.07. The summed E-state index contributed by atoms with van der Waals surface area (Å²) >= 11 is 1.63. The van der Waals surface area contributed by atoms with Crippen molar-refractivity contribution >= 4 is 35.2 Å². The van der Waals surface area contributed by atoms with Crippen LogP contribution in [0.4, 0.5) is 5.69 Å². The van der Waals surface area contributed by atoms with Crippen LogP contribution >= 0.6 is 11.8 Å². The number of thioether (sulfide) groups is 1. The number of benzene rings is 2. The Morgan fingerprint density at radius 2 is 1.77 bits per heavy atom. The van der Waals surface area contributed by atoms with E-state index in [1.54, 1.807) is 28.8 Å². The smallest absolute Gasteiger partial charge is 0.251 e. The third-order valence-corrected chi connectivity index (χ3v) is 6.74. The van der Waals surface area contributed by atoms with Gasteiger partial charge in [0.2, 0.25) is 11.8 Å². The standard InChI is InChI=1S/C24H27N3O3S/c1-31-21-9-5-8-20(15-21)27-16-18(14-22(27)28)24(30)26-12-10-19(11-13-26)25-23(29)17-6-3-2-4-7-17/h2-9,15,18-19H,10-14,16H2,1H3,(H,25,29). The van der Waals surface area contributed by atoms with E-state index in [4.69, 9.17) is 0 Å². The lowest BCUT2D eigenvalue weighted by molar-refractivity contribution is -0.136. The molecule has 7 heteroatoms. The average Bonchev–Trinajstić information content (AvgIpc) is 3.21. The highest BCUT2D eigenvalue weighted by molar-refractivity contribution is 7.98. The minimum atomic E-state index is -0.305. The van der Waals surface area contributed by atoms with Gasteiger partial charge in [0.1, 0.15) is 0 Å². The summed E-state index contributed by atoms with van der Waals surface area (Å²) in [6.07, 6.45) is 3.71. The molecule has 162 valence electrons. The van der Waals surface area contributed by atoms with Crippen molar-refractivity contribution in [2.45, 2.75) is 30.2 Å². The number of amides is 3.